The van der Waals surface area contributed by atoms with Crippen LogP contribution in [0, 0.1) is 0 Å². The first-order valence-electron chi connectivity index (χ1n) is 9.56. The molecule has 1 aliphatic heterocycles. The topological polar surface area (TPSA) is 96.0 Å². The van der Waals surface area contributed by atoms with Crippen LogP contribution in [0.25, 0.3) is 0 Å². The number of urea groups is 1. The molecule has 2 fully saturated rings. The lowest BCUT2D eigenvalue weighted by Gasteiger charge is -2.35. The van der Waals surface area contributed by atoms with Crippen molar-refractivity contribution in [2.75, 3.05) is 25.5 Å². The Morgan fingerprint density at radius 2 is 1.82 bits per heavy atom. The molecule has 1 aromatic rings. The van der Waals surface area contributed by atoms with Crippen LogP contribution in [0.4, 0.5) is 10.5 Å². The maximum Gasteiger partial charge on any atom is 0.340 e. The number of hydrogen-bond donors (Lipinski definition) is 1. The number of carbonyl (C=O) groups excluding carboxylic acids is 4. The molecular weight excluding hydrogens is 362 g/mol. The molecule has 0 bridgehead atoms. The molecule has 0 atom stereocenters. The van der Waals surface area contributed by atoms with Crippen molar-refractivity contribution < 1.29 is 23.9 Å². The van der Waals surface area contributed by atoms with Crippen LogP contribution in [-0.2, 0) is 14.3 Å². The Morgan fingerprint density at radius 1 is 1.14 bits per heavy atom. The van der Waals surface area contributed by atoms with E-state index in [1.165, 1.54) is 4.90 Å². The molecule has 1 aliphatic carbocycles. The van der Waals surface area contributed by atoms with Gasteiger partial charge >= 0.3 is 12.0 Å². The number of carbonyl (C=O) groups is 4. The van der Waals surface area contributed by atoms with Crippen LogP contribution in [0.2, 0.25) is 0 Å². The number of amides is 4. The van der Waals surface area contributed by atoms with E-state index >= 15 is 0 Å². The van der Waals surface area contributed by atoms with E-state index in [1.807, 2.05) is 0 Å². The van der Waals surface area contributed by atoms with Crippen LogP contribution >= 0.6 is 0 Å². The first-order valence-corrected chi connectivity index (χ1v) is 9.56. The van der Waals surface area contributed by atoms with Crippen LogP contribution in [-0.4, -0.2) is 59.4 Å². The number of hydrogen-bond acceptors (Lipinski definition) is 5. The second kappa shape index (κ2) is 8.00. The molecular formula is C20H25N3O5. The second-order valence-corrected chi connectivity index (χ2v) is 7.14. The average molecular weight is 387 g/mol. The smallest absolute Gasteiger partial charge is 0.340 e. The van der Waals surface area contributed by atoms with Gasteiger partial charge < -0.3 is 15.0 Å². The van der Waals surface area contributed by atoms with Crippen molar-refractivity contribution in [1.82, 2.24) is 9.80 Å². The first-order chi connectivity index (χ1) is 13.4. The summed E-state index contributed by atoms with van der Waals surface area (Å²) in [6.45, 7) is 1.52. The van der Waals surface area contributed by atoms with E-state index in [-0.39, 0.29) is 30.3 Å². The quantitative estimate of drug-likeness (QED) is 0.618. The number of imide groups is 1. The molecule has 1 N–H and O–H groups in total. The highest BCUT2D eigenvalue weighted by Crippen LogP contribution is 2.39. The third-order valence-electron chi connectivity index (χ3n) is 5.48. The summed E-state index contributed by atoms with van der Waals surface area (Å²) in [5, 5.41) is 2.62. The van der Waals surface area contributed by atoms with Crippen LogP contribution in [0.15, 0.2) is 24.3 Å². The number of ether oxygens (including phenoxy) is 1. The molecule has 0 aromatic heterocycles. The number of likely N-dealkylation sites (N-methyl/N-ethyl adjacent to an activating group) is 1. The standard InChI is InChI=1S/C20H25N3O5/c1-3-28-17(25)14-9-5-6-10-15(14)21-16(24)13-23-18(26)20(22(2)19(23)27)11-7-4-8-12-20/h5-6,9-10H,3-4,7-8,11-13H2,1-2H3,(H,21,24). The number of nitrogens with zero attached hydrogens (tertiary/aromatic N) is 2. The van der Waals surface area contributed by atoms with Crippen molar-refractivity contribution in [3.8, 4) is 0 Å². The van der Waals surface area contributed by atoms with E-state index in [4.69, 9.17) is 4.74 Å². The first kappa shape index (κ1) is 19.9. The van der Waals surface area contributed by atoms with Crippen LogP contribution in [0.3, 0.4) is 0 Å². The minimum absolute atomic E-state index is 0.215. The Labute approximate surface area is 163 Å². The molecule has 2 aliphatic rings. The minimum atomic E-state index is -0.821. The van der Waals surface area contributed by atoms with Crippen LogP contribution in [0.1, 0.15) is 49.4 Å². The van der Waals surface area contributed by atoms with Crippen molar-refractivity contribution in [1.29, 1.82) is 0 Å². The van der Waals surface area contributed by atoms with Crippen molar-refractivity contribution in [3.63, 3.8) is 0 Å². The molecule has 1 heterocycles. The van der Waals surface area contributed by atoms with Gasteiger partial charge in [0.1, 0.15) is 12.1 Å². The monoisotopic (exact) mass is 387 g/mol. The zero-order chi connectivity index (χ0) is 20.3. The summed E-state index contributed by atoms with van der Waals surface area (Å²) < 4.78 is 4.99. The maximum absolute atomic E-state index is 13.0. The fourth-order valence-corrected chi connectivity index (χ4v) is 3.98. The third-order valence-corrected chi connectivity index (χ3v) is 5.48. The van der Waals surface area contributed by atoms with Gasteiger partial charge in [0.25, 0.3) is 5.91 Å². The number of nitrogens with one attached hydrogen (secondary N) is 1. The van der Waals surface area contributed by atoms with E-state index in [2.05, 4.69) is 5.32 Å². The van der Waals surface area contributed by atoms with Gasteiger partial charge in [0.2, 0.25) is 5.91 Å². The summed E-state index contributed by atoms with van der Waals surface area (Å²) in [7, 11) is 1.62. The number of para-hydroxylation sites is 1. The van der Waals surface area contributed by atoms with E-state index in [0.29, 0.717) is 12.8 Å². The summed E-state index contributed by atoms with van der Waals surface area (Å²) in [5.74, 6) is -1.40. The molecule has 8 nitrogen and oxygen atoms in total. The maximum atomic E-state index is 13.0. The summed E-state index contributed by atoms with van der Waals surface area (Å²) >= 11 is 0. The van der Waals surface area contributed by atoms with E-state index in [1.54, 1.807) is 38.2 Å². The molecule has 150 valence electrons. The third kappa shape index (κ3) is 3.46. The summed E-state index contributed by atoms with van der Waals surface area (Å²) in [6, 6.07) is 6.00. The Hall–Kier alpha value is -2.90. The van der Waals surface area contributed by atoms with Gasteiger partial charge in [0.15, 0.2) is 0 Å². The van der Waals surface area contributed by atoms with Crippen molar-refractivity contribution in [2.45, 2.75) is 44.6 Å². The molecule has 1 spiro atoms. The Bertz CT molecular complexity index is 801. The molecule has 3 rings (SSSR count). The molecule has 4 amide bonds. The van der Waals surface area contributed by atoms with Crippen molar-refractivity contribution in [3.05, 3.63) is 29.8 Å². The lowest BCUT2D eigenvalue weighted by atomic mass is 9.81. The fourth-order valence-electron chi connectivity index (χ4n) is 3.98. The normalized spacial score (nSPS) is 18.5. The lowest BCUT2D eigenvalue weighted by Crippen LogP contribution is -2.49. The Morgan fingerprint density at radius 3 is 2.50 bits per heavy atom. The highest BCUT2D eigenvalue weighted by atomic mass is 16.5. The highest BCUT2D eigenvalue weighted by Gasteiger charge is 2.55. The van der Waals surface area contributed by atoms with Gasteiger partial charge in [-0.05, 0) is 31.9 Å². The summed E-state index contributed by atoms with van der Waals surface area (Å²) in [4.78, 5) is 52.6. The minimum Gasteiger partial charge on any atom is -0.462 e. The molecule has 8 heteroatoms. The second-order valence-electron chi connectivity index (χ2n) is 7.14. The predicted molar refractivity (Wildman–Crippen MR) is 102 cm³/mol. The SMILES string of the molecule is CCOC(=O)c1ccccc1NC(=O)CN1C(=O)N(C)C2(CCCCC2)C1=O. The van der Waals surface area contributed by atoms with Gasteiger partial charge in [-0.2, -0.15) is 0 Å². The summed E-state index contributed by atoms with van der Waals surface area (Å²) in [5.41, 5.74) is -0.318. The Kier molecular flexibility index (Phi) is 5.67. The van der Waals surface area contributed by atoms with Crippen LogP contribution in [0.5, 0.6) is 0 Å². The van der Waals surface area contributed by atoms with Crippen molar-refractivity contribution in [2.24, 2.45) is 0 Å². The summed E-state index contributed by atoms with van der Waals surface area (Å²) in [6.07, 6.45) is 4.06. The van der Waals surface area contributed by atoms with Gasteiger partial charge in [0.05, 0.1) is 17.9 Å². The molecule has 1 saturated heterocycles. The number of rotatable bonds is 5. The molecule has 1 aromatic carbocycles. The van der Waals surface area contributed by atoms with Gasteiger partial charge in [-0.15, -0.1) is 0 Å². The highest BCUT2D eigenvalue weighted by molar-refractivity contribution is 6.10. The van der Waals surface area contributed by atoms with E-state index < -0.39 is 23.4 Å². The van der Waals surface area contributed by atoms with Gasteiger partial charge in [0, 0.05) is 7.05 Å². The Balaban J connectivity index is 1.73. The molecule has 1 saturated carbocycles. The number of anilines is 1. The van der Waals surface area contributed by atoms with Gasteiger partial charge in [-0.1, -0.05) is 31.4 Å². The van der Waals surface area contributed by atoms with Crippen LogP contribution < -0.4 is 5.32 Å². The average Bonchev–Trinajstić information content (AvgIpc) is 2.85. The van der Waals surface area contributed by atoms with E-state index in [0.717, 1.165) is 24.2 Å². The van der Waals surface area contributed by atoms with Gasteiger partial charge in [-0.25, -0.2) is 9.59 Å². The molecule has 0 unspecified atom stereocenters. The zero-order valence-electron chi connectivity index (χ0n) is 16.2. The van der Waals surface area contributed by atoms with Gasteiger partial charge in [-0.3, -0.25) is 14.5 Å². The lowest BCUT2D eigenvalue weighted by molar-refractivity contribution is -0.136. The van der Waals surface area contributed by atoms with E-state index in [9.17, 15) is 19.2 Å². The molecule has 28 heavy (non-hydrogen) atoms. The number of esters is 1. The molecule has 0 radical (unpaired) electrons. The zero-order valence-corrected chi connectivity index (χ0v) is 16.2. The predicted octanol–water partition coefficient (Wildman–Crippen LogP) is 2.40. The number of benzene rings is 1. The van der Waals surface area contributed by atoms with Crippen molar-refractivity contribution >= 4 is 29.5 Å². The largest absolute Gasteiger partial charge is 0.462 e. The fraction of sp³-hybridized carbons (Fsp3) is 0.500.